The summed E-state index contributed by atoms with van der Waals surface area (Å²) in [5.41, 5.74) is 1.18. The summed E-state index contributed by atoms with van der Waals surface area (Å²) in [5.74, 6) is -4.61. The number of rotatable bonds is 83. The number of unbranched alkanes of at least 4 members (excludes halogenated alkanes) is 3. The minimum absolute atomic E-state index is 0. The first-order valence-electron chi connectivity index (χ1n) is 40.5. The first kappa shape index (κ1) is 143. The van der Waals surface area contributed by atoms with Gasteiger partial charge in [-0.05, 0) is 44.1 Å². The number of hydrogen-bond acceptors (Lipinski definition) is 39. The van der Waals surface area contributed by atoms with Gasteiger partial charge in [0.15, 0.2) is 25.2 Å². The summed E-state index contributed by atoms with van der Waals surface area (Å²) < 4.78 is 133. The van der Waals surface area contributed by atoms with Crippen molar-refractivity contribution in [2.24, 2.45) is 0 Å². The number of ether oxygens (including phenoxy) is 26. The summed E-state index contributed by atoms with van der Waals surface area (Å²) in [7, 11) is 0. The van der Waals surface area contributed by atoms with Gasteiger partial charge in [0.25, 0.3) is 0 Å². The van der Waals surface area contributed by atoms with Crippen molar-refractivity contribution in [2.45, 2.75) is 125 Å². The smallest absolute Gasteiger partial charge is 0.330 e. The van der Waals surface area contributed by atoms with Crippen molar-refractivity contribution in [3.8, 4) is 0 Å². The number of aliphatic hydroxyl groups is 4. The van der Waals surface area contributed by atoms with Gasteiger partial charge in [0, 0.05) is 61.3 Å². The van der Waals surface area contributed by atoms with Gasteiger partial charge in [-0.3, -0.25) is 0 Å². The van der Waals surface area contributed by atoms with E-state index < -0.39 is 103 Å². The molecule has 0 aromatic rings. The zero-order valence-electron chi connectivity index (χ0n) is 74.7. The minimum Gasteiger partial charge on any atom is -0.460 e. The maximum Gasteiger partial charge on any atom is 0.330 e. The average Bonchev–Trinajstić information content (AvgIpc) is 0.995. The number of hydrogen-bond donors (Lipinski definition) is 4. The molecule has 4 atom stereocenters. The quantitative estimate of drug-likeness (QED) is 0.00842. The molecule has 0 heterocycles. The van der Waals surface area contributed by atoms with Crippen molar-refractivity contribution in [2.75, 3.05) is 231 Å². The Balaban J connectivity index is -0.000000174. The molecular weight excluding hydrogens is 1740 g/mol. The zero-order chi connectivity index (χ0) is 97.0. The maximum absolute atomic E-state index is 10.9. The summed E-state index contributed by atoms with van der Waals surface area (Å²) in [6.07, 6.45) is 17.0. The molecule has 0 rings (SSSR count). The van der Waals surface area contributed by atoms with E-state index in [1.807, 2.05) is 13.0 Å². The van der Waals surface area contributed by atoms with Crippen LogP contribution in [0.25, 0.3) is 0 Å². The van der Waals surface area contributed by atoms with E-state index >= 15 is 0 Å². The SMILES string of the molecule is C.C.C.C.C=CC(=C)CCCCCC.C=CC(=O)OCCOCC.C=CC(=O)OCCOCC(COCCOC(=O)C=C)OCCOC(O)C=C.C=CC(=O)OCCOCC(COCCOC(=O)C=C)OCCOC(O)C=C.C=CC(=O)OCCOCC(COCCOC(=O)C=C)OCCOC(O)C=C.C=CC(=O)OCCOCC(COCCOC(=O)C=C)OCCOC(O)C=C. The van der Waals surface area contributed by atoms with Gasteiger partial charge in [-0.15, -0.1) is 0 Å². The third-order valence-corrected chi connectivity index (χ3v) is 13.7. The Morgan fingerprint density at radius 2 is 0.394 bits per heavy atom. The molecule has 0 aliphatic carbocycles. The molecular formula is C93H158O39. The average molecular weight is 1900 g/mol. The number of carbonyl (C=O) groups is 9. The molecule has 0 radical (unpaired) electrons. The Labute approximate surface area is 783 Å². The van der Waals surface area contributed by atoms with Crippen molar-refractivity contribution in [3.63, 3.8) is 0 Å². The van der Waals surface area contributed by atoms with Gasteiger partial charge in [0.1, 0.15) is 83.9 Å². The predicted molar refractivity (Wildman–Crippen MR) is 496 cm³/mol. The third kappa shape index (κ3) is 115. The highest BCUT2D eigenvalue weighted by molar-refractivity contribution is 5.84. The normalized spacial score (nSPS) is 10.9. The second-order valence-corrected chi connectivity index (χ2v) is 23.8. The topological polar surface area (TPSA) is 475 Å². The van der Waals surface area contributed by atoms with Gasteiger partial charge in [-0.1, -0.05) is 166 Å². The Morgan fingerprint density at radius 3 is 0.538 bits per heavy atom. The monoisotopic (exact) mass is 1900 g/mol. The number of aliphatic hydroxyl groups excluding tert-OH is 4. The van der Waals surface area contributed by atoms with Crippen molar-refractivity contribution < 1.29 is 187 Å². The molecule has 0 fully saturated rings. The van der Waals surface area contributed by atoms with Gasteiger partial charge < -0.3 is 144 Å². The maximum atomic E-state index is 10.9. The summed E-state index contributed by atoms with van der Waals surface area (Å²) in [6, 6.07) is 0. The summed E-state index contributed by atoms with van der Waals surface area (Å²) >= 11 is 0. The van der Waals surface area contributed by atoms with E-state index in [0.29, 0.717) is 19.8 Å². The molecule has 0 saturated heterocycles. The molecule has 764 valence electrons. The van der Waals surface area contributed by atoms with Gasteiger partial charge in [0.2, 0.25) is 0 Å². The van der Waals surface area contributed by atoms with E-state index in [1.54, 1.807) is 0 Å². The second kappa shape index (κ2) is 114. The summed E-state index contributed by atoms with van der Waals surface area (Å²) in [6.45, 7) is 61.1. The van der Waals surface area contributed by atoms with Crippen LogP contribution in [0.4, 0.5) is 0 Å². The van der Waals surface area contributed by atoms with Crippen LogP contribution < -0.4 is 0 Å². The molecule has 0 amide bonds. The fraction of sp³-hybridized carbons (Fsp3) is 0.581. The molecule has 39 nitrogen and oxygen atoms in total. The van der Waals surface area contributed by atoms with E-state index in [9.17, 15) is 63.6 Å². The van der Waals surface area contributed by atoms with Crippen LogP contribution in [0.1, 0.15) is 75.7 Å². The van der Waals surface area contributed by atoms with Crippen molar-refractivity contribution >= 4 is 53.7 Å². The minimum atomic E-state index is -1.06. The lowest BCUT2D eigenvalue weighted by Gasteiger charge is -2.18. The molecule has 0 spiro atoms. The van der Waals surface area contributed by atoms with Crippen LogP contribution in [0.5, 0.6) is 0 Å². The predicted octanol–water partition coefficient (Wildman–Crippen LogP) is 8.53. The van der Waals surface area contributed by atoms with Crippen LogP contribution in [0.3, 0.4) is 0 Å². The van der Waals surface area contributed by atoms with Crippen molar-refractivity contribution in [1.82, 2.24) is 0 Å². The van der Waals surface area contributed by atoms with E-state index in [4.69, 9.17) is 118 Å². The van der Waals surface area contributed by atoms with Gasteiger partial charge in [-0.25, -0.2) is 43.2 Å². The Kier molecular flexibility index (Phi) is 123. The number of carbonyl (C=O) groups excluding carboxylic acids is 9. The van der Waals surface area contributed by atoms with Gasteiger partial charge in [-0.2, -0.15) is 0 Å². The summed E-state index contributed by atoms with van der Waals surface area (Å²) in [4.78, 5) is 97.7. The Morgan fingerprint density at radius 1 is 0.227 bits per heavy atom. The standard InChI is InChI=1S/4C18H28O9.C10H18.C7H12O3.4CH4/c4*1-4-16(19)25-9-7-22-13-15(24-11-12-27-18(21)6-3)14-23-8-10-26-17(20)5-2;1-4-6-7-8-9-10(3)5-2;1-3-7(8)10-6-5-9-4-2;;;;/h4*4-6,15,18,21H,1-3,7-14H2;5H,2-4,6-9H2,1H3;3H,1,4-6H2,2H3;4*1H4. The highest BCUT2D eigenvalue weighted by Crippen LogP contribution is 2.09. The van der Waals surface area contributed by atoms with E-state index in [-0.39, 0.29) is 241 Å². The zero-order valence-corrected chi connectivity index (χ0v) is 74.7. The molecule has 4 unspecified atom stereocenters. The van der Waals surface area contributed by atoms with E-state index in [2.05, 4.69) is 110 Å². The largest absolute Gasteiger partial charge is 0.460 e. The highest BCUT2D eigenvalue weighted by atomic mass is 16.7. The van der Waals surface area contributed by atoms with Crippen LogP contribution in [0, 0.1) is 0 Å². The Hall–Kier alpha value is -9.51. The molecule has 132 heavy (non-hydrogen) atoms. The van der Waals surface area contributed by atoms with Crippen LogP contribution in [-0.4, -0.2) is 355 Å². The van der Waals surface area contributed by atoms with Crippen LogP contribution in [0.2, 0.25) is 0 Å². The molecule has 0 saturated carbocycles. The molecule has 0 aromatic carbocycles. The Bertz CT molecular complexity index is 2480. The lowest BCUT2D eigenvalue weighted by atomic mass is 10.1. The molecule has 4 N–H and O–H groups in total. The molecule has 0 aromatic heterocycles. The second-order valence-electron chi connectivity index (χ2n) is 23.8. The fourth-order valence-electron chi connectivity index (χ4n) is 7.47. The van der Waals surface area contributed by atoms with Gasteiger partial charge >= 0.3 is 53.7 Å². The fourth-order valence-corrected chi connectivity index (χ4v) is 7.47. The van der Waals surface area contributed by atoms with E-state index in [0.717, 1.165) is 61.1 Å². The van der Waals surface area contributed by atoms with Crippen molar-refractivity contribution in [1.29, 1.82) is 0 Å². The highest BCUT2D eigenvalue weighted by Gasteiger charge is 2.17. The van der Waals surface area contributed by atoms with Crippen LogP contribution in [0.15, 0.2) is 189 Å². The first-order valence-corrected chi connectivity index (χ1v) is 40.5. The first-order chi connectivity index (χ1) is 61.7. The molecule has 0 bridgehead atoms. The van der Waals surface area contributed by atoms with Crippen LogP contribution >= 0.6 is 0 Å². The number of allylic oxidation sites excluding steroid dienone is 2. The molecule has 0 aliphatic rings. The van der Waals surface area contributed by atoms with Crippen LogP contribution in [-0.2, 0) is 166 Å². The molecule has 0 aliphatic heterocycles. The van der Waals surface area contributed by atoms with Gasteiger partial charge in [0.05, 0.1) is 165 Å². The number of esters is 9. The molecule has 39 heteroatoms. The lowest BCUT2D eigenvalue weighted by molar-refractivity contribution is -0.142. The van der Waals surface area contributed by atoms with Crippen molar-refractivity contribution in [3.05, 3.63) is 189 Å². The van der Waals surface area contributed by atoms with E-state index in [1.165, 1.54) is 55.6 Å². The third-order valence-electron chi connectivity index (χ3n) is 13.7. The lowest BCUT2D eigenvalue weighted by Crippen LogP contribution is -2.29. The summed E-state index contributed by atoms with van der Waals surface area (Å²) in [5, 5.41) is 36.8.